The molecule has 4 aromatic rings. The normalized spacial score (nSPS) is 15.4. The van der Waals surface area contributed by atoms with E-state index in [1.165, 1.54) is 11.8 Å². The number of hydrogen-bond donors (Lipinski definition) is 0. The molecule has 29 heavy (non-hydrogen) atoms. The number of nitrogens with zero attached hydrogens (tertiary/aromatic N) is 4. The highest BCUT2D eigenvalue weighted by atomic mass is 35.5. The molecule has 2 aromatic carbocycles. The van der Waals surface area contributed by atoms with Crippen molar-refractivity contribution >= 4 is 23.4 Å². The molecule has 0 aliphatic carbocycles. The molecule has 0 saturated carbocycles. The summed E-state index contributed by atoms with van der Waals surface area (Å²) >= 11 is 7.21. The fraction of sp³-hybridized carbons (Fsp3) is 0.158. The van der Waals surface area contributed by atoms with E-state index in [1.54, 1.807) is 12.1 Å². The van der Waals surface area contributed by atoms with Crippen molar-refractivity contribution in [1.29, 1.82) is 0 Å². The fourth-order valence-corrected chi connectivity index (χ4v) is 3.44. The highest BCUT2D eigenvalue weighted by Crippen LogP contribution is 2.36. The number of aromatic nitrogens is 4. The topological polar surface area (TPSA) is 96.3 Å². The molecule has 0 saturated heterocycles. The Bertz CT molecular complexity index is 1130. The third-order valence-electron chi connectivity index (χ3n) is 4.09. The number of rotatable bonds is 5. The SMILES string of the molecule is Clc1ccc(-c2nc(CSc3nnc(C4COc5ccccc5O4)o3)no2)cc1. The zero-order valence-corrected chi connectivity index (χ0v) is 16.4. The first-order chi connectivity index (χ1) is 14.2. The summed E-state index contributed by atoms with van der Waals surface area (Å²) in [7, 11) is 0. The molecule has 1 aliphatic heterocycles. The molecule has 10 heteroatoms. The average molecular weight is 429 g/mol. The number of benzene rings is 2. The molecule has 1 aliphatic rings. The molecular formula is C19H13ClN4O4S. The Hall–Kier alpha value is -3.04. The zero-order chi connectivity index (χ0) is 19.6. The van der Waals surface area contributed by atoms with E-state index in [0.29, 0.717) is 51.7 Å². The number of thioether (sulfide) groups is 1. The Morgan fingerprint density at radius 1 is 1.03 bits per heavy atom. The van der Waals surface area contributed by atoms with Crippen LogP contribution in [-0.2, 0) is 5.75 Å². The van der Waals surface area contributed by atoms with Gasteiger partial charge in [-0.1, -0.05) is 40.7 Å². The predicted octanol–water partition coefficient (Wildman–Crippen LogP) is 4.58. The van der Waals surface area contributed by atoms with Gasteiger partial charge in [0.05, 0.1) is 5.75 Å². The van der Waals surface area contributed by atoms with Gasteiger partial charge in [0.1, 0.15) is 6.61 Å². The summed E-state index contributed by atoms with van der Waals surface area (Å²) in [5.41, 5.74) is 0.799. The van der Waals surface area contributed by atoms with Gasteiger partial charge in [-0.15, -0.1) is 10.2 Å². The van der Waals surface area contributed by atoms with Crippen LogP contribution in [-0.4, -0.2) is 26.9 Å². The first kappa shape index (κ1) is 18.0. The van der Waals surface area contributed by atoms with E-state index >= 15 is 0 Å². The summed E-state index contributed by atoms with van der Waals surface area (Å²) in [6.07, 6.45) is -0.451. The number of para-hydroxylation sites is 2. The minimum absolute atomic E-state index is 0.304. The van der Waals surface area contributed by atoms with E-state index in [4.69, 9.17) is 30.0 Å². The van der Waals surface area contributed by atoms with Crippen LogP contribution in [0.3, 0.4) is 0 Å². The van der Waals surface area contributed by atoms with Crippen molar-refractivity contribution in [3.8, 4) is 23.0 Å². The maximum absolute atomic E-state index is 5.89. The van der Waals surface area contributed by atoms with Crippen molar-refractivity contribution in [2.24, 2.45) is 0 Å². The van der Waals surface area contributed by atoms with Crippen LogP contribution in [0, 0.1) is 0 Å². The zero-order valence-electron chi connectivity index (χ0n) is 14.8. The third kappa shape index (κ3) is 3.92. The number of halogens is 1. The minimum Gasteiger partial charge on any atom is -0.485 e. The molecular weight excluding hydrogens is 416 g/mol. The van der Waals surface area contributed by atoms with Gasteiger partial charge in [-0.3, -0.25) is 0 Å². The Balaban J connectivity index is 1.22. The fourth-order valence-electron chi connectivity index (χ4n) is 2.70. The van der Waals surface area contributed by atoms with Gasteiger partial charge in [0.15, 0.2) is 17.3 Å². The van der Waals surface area contributed by atoms with Gasteiger partial charge in [0.2, 0.25) is 6.10 Å². The summed E-state index contributed by atoms with van der Waals surface area (Å²) in [4.78, 5) is 4.37. The van der Waals surface area contributed by atoms with Crippen LogP contribution in [0.25, 0.3) is 11.5 Å². The monoisotopic (exact) mass is 428 g/mol. The van der Waals surface area contributed by atoms with E-state index in [0.717, 1.165) is 5.56 Å². The van der Waals surface area contributed by atoms with Crippen LogP contribution in [0.5, 0.6) is 11.5 Å². The van der Waals surface area contributed by atoms with Gasteiger partial charge in [0.25, 0.3) is 17.0 Å². The highest BCUT2D eigenvalue weighted by molar-refractivity contribution is 7.98. The summed E-state index contributed by atoms with van der Waals surface area (Å²) in [5.74, 6) is 3.07. The molecule has 0 bridgehead atoms. The van der Waals surface area contributed by atoms with Gasteiger partial charge in [0, 0.05) is 10.6 Å². The quantitative estimate of drug-likeness (QED) is 0.423. The Kier molecular flexibility index (Phi) is 4.82. The Morgan fingerprint density at radius 3 is 2.72 bits per heavy atom. The van der Waals surface area contributed by atoms with Crippen molar-refractivity contribution in [2.45, 2.75) is 17.1 Å². The molecule has 3 heterocycles. The van der Waals surface area contributed by atoms with E-state index in [1.807, 2.05) is 36.4 Å². The van der Waals surface area contributed by atoms with Gasteiger partial charge in [-0.05, 0) is 36.4 Å². The standard InChI is InChI=1S/C19H13ClN4O4S/c20-12-7-5-11(6-8-12)17-21-16(24-28-17)10-29-19-23-22-18(27-19)15-9-25-13-3-1-2-4-14(13)26-15/h1-8,15H,9-10H2. The van der Waals surface area contributed by atoms with Crippen molar-refractivity contribution in [3.63, 3.8) is 0 Å². The minimum atomic E-state index is -0.451. The lowest BCUT2D eigenvalue weighted by atomic mass is 10.2. The first-order valence-electron chi connectivity index (χ1n) is 8.68. The van der Waals surface area contributed by atoms with Crippen LogP contribution in [0.15, 0.2) is 62.7 Å². The molecule has 1 unspecified atom stereocenters. The molecule has 8 nitrogen and oxygen atoms in total. The van der Waals surface area contributed by atoms with Crippen LogP contribution >= 0.6 is 23.4 Å². The molecule has 0 N–H and O–H groups in total. The van der Waals surface area contributed by atoms with Crippen LogP contribution in [0.1, 0.15) is 17.8 Å². The summed E-state index contributed by atoms with van der Waals surface area (Å²) in [6, 6.07) is 14.6. The number of hydrogen-bond acceptors (Lipinski definition) is 9. The van der Waals surface area contributed by atoms with Gasteiger partial charge >= 0.3 is 0 Å². The molecule has 0 radical (unpaired) electrons. The Morgan fingerprint density at radius 2 is 1.86 bits per heavy atom. The lowest BCUT2D eigenvalue weighted by Crippen LogP contribution is -2.21. The van der Waals surface area contributed by atoms with E-state index in [-0.39, 0.29) is 0 Å². The van der Waals surface area contributed by atoms with Crippen molar-refractivity contribution in [1.82, 2.24) is 20.3 Å². The van der Waals surface area contributed by atoms with Crippen molar-refractivity contribution < 1.29 is 18.4 Å². The smallest absolute Gasteiger partial charge is 0.277 e. The van der Waals surface area contributed by atoms with Crippen molar-refractivity contribution in [3.05, 3.63) is 65.3 Å². The van der Waals surface area contributed by atoms with Crippen LogP contribution in [0.4, 0.5) is 0 Å². The maximum atomic E-state index is 5.89. The van der Waals surface area contributed by atoms with Gasteiger partial charge in [-0.2, -0.15) is 4.98 Å². The van der Waals surface area contributed by atoms with Crippen LogP contribution < -0.4 is 9.47 Å². The highest BCUT2D eigenvalue weighted by Gasteiger charge is 2.27. The predicted molar refractivity (Wildman–Crippen MR) is 104 cm³/mol. The molecule has 0 fully saturated rings. The summed E-state index contributed by atoms with van der Waals surface area (Å²) in [6.45, 7) is 0.304. The third-order valence-corrected chi connectivity index (χ3v) is 5.16. The van der Waals surface area contributed by atoms with E-state index in [2.05, 4.69) is 20.3 Å². The van der Waals surface area contributed by atoms with Crippen molar-refractivity contribution in [2.75, 3.05) is 6.61 Å². The lowest BCUT2D eigenvalue weighted by molar-refractivity contribution is 0.0686. The van der Waals surface area contributed by atoms with Crippen LogP contribution in [0.2, 0.25) is 5.02 Å². The van der Waals surface area contributed by atoms with E-state index in [9.17, 15) is 0 Å². The molecule has 2 aromatic heterocycles. The summed E-state index contributed by atoms with van der Waals surface area (Å²) < 4.78 is 22.5. The molecule has 146 valence electrons. The molecule has 0 spiro atoms. The second-order valence-corrected chi connectivity index (χ2v) is 7.44. The second-order valence-electron chi connectivity index (χ2n) is 6.08. The number of fused-ring (bicyclic) bond motifs is 1. The lowest BCUT2D eigenvalue weighted by Gasteiger charge is -2.23. The average Bonchev–Trinajstić information content (AvgIpc) is 3.42. The van der Waals surface area contributed by atoms with Gasteiger partial charge in [-0.25, -0.2) is 0 Å². The summed E-state index contributed by atoms with van der Waals surface area (Å²) in [5, 5.41) is 13.1. The van der Waals surface area contributed by atoms with E-state index < -0.39 is 6.10 Å². The first-order valence-corrected chi connectivity index (χ1v) is 10.0. The largest absolute Gasteiger partial charge is 0.485 e. The maximum Gasteiger partial charge on any atom is 0.277 e. The Labute approximate surface area is 174 Å². The molecule has 5 rings (SSSR count). The number of ether oxygens (including phenoxy) is 2. The van der Waals surface area contributed by atoms with Gasteiger partial charge < -0.3 is 18.4 Å². The second kappa shape index (κ2) is 7.76. The molecule has 0 amide bonds. The molecule has 1 atom stereocenters.